The fourth-order valence-electron chi connectivity index (χ4n) is 4.28. The summed E-state index contributed by atoms with van der Waals surface area (Å²) in [6.07, 6.45) is 0.954. The Labute approximate surface area is 209 Å². The number of thiocarbonyl (C=S) groups is 1. The van der Waals surface area contributed by atoms with Gasteiger partial charge in [0.1, 0.15) is 5.82 Å². The summed E-state index contributed by atoms with van der Waals surface area (Å²) < 4.78 is 20.3. The van der Waals surface area contributed by atoms with Crippen molar-refractivity contribution in [3.8, 4) is 11.4 Å². The highest BCUT2D eigenvalue weighted by Crippen LogP contribution is 2.39. The number of nitrogens with zero attached hydrogens (tertiary/aromatic N) is 3. The predicted octanol–water partition coefficient (Wildman–Crippen LogP) is 6.61. The van der Waals surface area contributed by atoms with Crippen LogP contribution in [0, 0.1) is 12.7 Å². The molecule has 0 radical (unpaired) electrons. The van der Waals surface area contributed by atoms with Crippen molar-refractivity contribution in [3.63, 3.8) is 0 Å². The molecular formula is C28H25FN4OS. The van der Waals surface area contributed by atoms with Gasteiger partial charge in [0.2, 0.25) is 5.82 Å². The average molecular weight is 485 g/mol. The van der Waals surface area contributed by atoms with Gasteiger partial charge in [-0.25, -0.2) is 4.39 Å². The molecule has 1 atom stereocenters. The molecule has 0 saturated heterocycles. The van der Waals surface area contributed by atoms with Gasteiger partial charge in [-0.05, 0) is 61.3 Å². The summed E-state index contributed by atoms with van der Waals surface area (Å²) >= 11 is 5.76. The zero-order valence-corrected chi connectivity index (χ0v) is 20.6. The number of aromatic nitrogens is 2. The van der Waals surface area contributed by atoms with Crippen LogP contribution in [0.3, 0.4) is 0 Å². The van der Waals surface area contributed by atoms with E-state index in [-0.39, 0.29) is 11.9 Å². The smallest absolute Gasteiger partial charge is 0.258 e. The second-order valence-electron chi connectivity index (χ2n) is 8.53. The lowest BCUT2D eigenvalue weighted by Gasteiger charge is -2.37. The molecule has 1 unspecified atom stereocenters. The van der Waals surface area contributed by atoms with E-state index in [0.29, 0.717) is 28.1 Å². The van der Waals surface area contributed by atoms with E-state index in [1.165, 1.54) is 11.6 Å². The van der Waals surface area contributed by atoms with Crippen LogP contribution >= 0.6 is 12.2 Å². The molecule has 5 rings (SSSR count). The summed E-state index contributed by atoms with van der Waals surface area (Å²) in [5, 5.41) is 8.14. The number of hydrogen-bond acceptors (Lipinski definition) is 4. The quantitative estimate of drug-likeness (QED) is 0.322. The molecule has 176 valence electrons. The molecular weight excluding hydrogens is 459 g/mol. The lowest BCUT2D eigenvalue weighted by Crippen LogP contribution is -2.46. The largest absolute Gasteiger partial charge is 0.351 e. The molecule has 1 aliphatic heterocycles. The fraction of sp³-hybridized carbons (Fsp3) is 0.179. The van der Waals surface area contributed by atoms with Gasteiger partial charge in [0, 0.05) is 11.3 Å². The third-order valence-electron chi connectivity index (χ3n) is 6.31. The van der Waals surface area contributed by atoms with Gasteiger partial charge in [-0.2, -0.15) is 4.98 Å². The highest BCUT2D eigenvalue weighted by molar-refractivity contribution is 7.80. The SMILES string of the molecule is CCc1ccc(C2NC(=S)N(c3ccc(C)c(F)c3)C(C)=C2c2nc(-c3ccccc3)no2)cc1. The lowest BCUT2D eigenvalue weighted by molar-refractivity contribution is 0.404. The van der Waals surface area contributed by atoms with Crippen molar-refractivity contribution < 1.29 is 8.91 Å². The first-order valence-electron chi connectivity index (χ1n) is 11.5. The Morgan fingerprint density at radius 2 is 1.77 bits per heavy atom. The molecule has 0 fully saturated rings. The first kappa shape index (κ1) is 22.9. The number of aryl methyl sites for hydroxylation is 2. The van der Waals surface area contributed by atoms with Crippen molar-refractivity contribution in [2.75, 3.05) is 4.90 Å². The topological polar surface area (TPSA) is 54.2 Å². The van der Waals surface area contributed by atoms with E-state index < -0.39 is 0 Å². The van der Waals surface area contributed by atoms with Crippen LogP contribution in [-0.4, -0.2) is 15.3 Å². The number of halogens is 1. The van der Waals surface area contributed by atoms with Crippen LogP contribution in [0.2, 0.25) is 0 Å². The van der Waals surface area contributed by atoms with Gasteiger partial charge < -0.3 is 9.84 Å². The second kappa shape index (κ2) is 9.43. The Bertz CT molecular complexity index is 1410. The predicted molar refractivity (Wildman–Crippen MR) is 140 cm³/mol. The Morgan fingerprint density at radius 3 is 2.46 bits per heavy atom. The van der Waals surface area contributed by atoms with Gasteiger partial charge in [0.15, 0.2) is 5.11 Å². The molecule has 5 nitrogen and oxygen atoms in total. The monoisotopic (exact) mass is 484 g/mol. The third-order valence-corrected chi connectivity index (χ3v) is 6.61. The molecule has 2 heterocycles. The standard InChI is InChI=1S/C28H25FN4OS/c1-4-19-11-13-20(14-12-19)25-24(27-31-26(32-34-27)21-8-6-5-7-9-21)18(3)33(28(35)30-25)22-15-10-17(2)23(29)16-22/h5-16,25H,4H2,1-3H3,(H,30,35). The number of allylic oxidation sites excluding steroid dienone is 1. The number of benzene rings is 3. The summed E-state index contributed by atoms with van der Waals surface area (Å²) in [5.74, 6) is 0.599. The van der Waals surface area contributed by atoms with Gasteiger partial charge in [0.05, 0.1) is 17.3 Å². The summed E-state index contributed by atoms with van der Waals surface area (Å²) in [6, 6.07) is 22.9. The fourth-order valence-corrected chi connectivity index (χ4v) is 4.65. The van der Waals surface area contributed by atoms with Gasteiger partial charge in [-0.3, -0.25) is 4.90 Å². The van der Waals surface area contributed by atoms with Crippen molar-refractivity contribution in [1.29, 1.82) is 0 Å². The van der Waals surface area contributed by atoms with Gasteiger partial charge in [0.25, 0.3) is 5.89 Å². The van der Waals surface area contributed by atoms with E-state index in [0.717, 1.165) is 28.8 Å². The molecule has 3 aromatic carbocycles. The highest BCUT2D eigenvalue weighted by Gasteiger charge is 2.35. The Morgan fingerprint density at radius 1 is 1.03 bits per heavy atom. The van der Waals surface area contributed by atoms with E-state index in [2.05, 4.69) is 41.7 Å². The maximum atomic E-state index is 14.5. The molecule has 7 heteroatoms. The molecule has 1 aromatic heterocycles. The molecule has 1 aliphatic rings. The van der Waals surface area contributed by atoms with E-state index in [1.54, 1.807) is 13.0 Å². The van der Waals surface area contributed by atoms with Crippen LogP contribution in [-0.2, 0) is 6.42 Å². The molecule has 0 amide bonds. The van der Waals surface area contributed by atoms with E-state index in [9.17, 15) is 4.39 Å². The molecule has 1 N–H and O–H groups in total. The summed E-state index contributed by atoms with van der Waals surface area (Å²) in [6.45, 7) is 5.81. The van der Waals surface area contributed by atoms with Crippen LogP contribution in [0.1, 0.15) is 42.5 Å². The molecule has 35 heavy (non-hydrogen) atoms. The zero-order chi connectivity index (χ0) is 24.5. The van der Waals surface area contributed by atoms with Crippen LogP contribution in [0.25, 0.3) is 17.0 Å². The Balaban J connectivity index is 1.65. The number of hydrogen-bond donors (Lipinski definition) is 1. The normalized spacial score (nSPS) is 15.9. The summed E-state index contributed by atoms with van der Waals surface area (Å²) in [4.78, 5) is 6.55. The van der Waals surface area contributed by atoms with Crippen molar-refractivity contribution in [1.82, 2.24) is 15.5 Å². The lowest BCUT2D eigenvalue weighted by atomic mass is 9.93. The number of nitrogens with one attached hydrogen (secondary N) is 1. The summed E-state index contributed by atoms with van der Waals surface area (Å²) in [7, 11) is 0. The van der Waals surface area contributed by atoms with Crippen LogP contribution in [0.5, 0.6) is 0 Å². The van der Waals surface area contributed by atoms with E-state index >= 15 is 0 Å². The molecule has 4 aromatic rings. The van der Waals surface area contributed by atoms with Gasteiger partial charge in [-0.1, -0.05) is 72.7 Å². The molecule has 0 spiro atoms. The van der Waals surface area contributed by atoms with Crippen molar-refractivity contribution in [2.24, 2.45) is 0 Å². The van der Waals surface area contributed by atoms with Crippen molar-refractivity contribution >= 4 is 28.6 Å². The van der Waals surface area contributed by atoms with Gasteiger partial charge >= 0.3 is 0 Å². The first-order valence-corrected chi connectivity index (χ1v) is 11.9. The molecule has 0 saturated carbocycles. The Hall–Kier alpha value is -3.84. The average Bonchev–Trinajstić information content (AvgIpc) is 3.36. The van der Waals surface area contributed by atoms with E-state index in [1.807, 2.05) is 48.2 Å². The van der Waals surface area contributed by atoms with Crippen LogP contribution in [0.4, 0.5) is 10.1 Å². The minimum absolute atomic E-state index is 0.291. The van der Waals surface area contributed by atoms with Crippen molar-refractivity contribution in [2.45, 2.75) is 33.2 Å². The molecule has 0 aliphatic carbocycles. The van der Waals surface area contributed by atoms with Crippen molar-refractivity contribution in [3.05, 3.63) is 107 Å². The number of rotatable bonds is 5. The van der Waals surface area contributed by atoms with Crippen LogP contribution < -0.4 is 10.2 Å². The molecule has 0 bridgehead atoms. The number of anilines is 1. The third kappa shape index (κ3) is 4.35. The summed E-state index contributed by atoms with van der Waals surface area (Å²) in [5.41, 5.74) is 5.92. The minimum Gasteiger partial charge on any atom is -0.351 e. The maximum absolute atomic E-state index is 14.5. The first-order chi connectivity index (χ1) is 17.0. The Kier molecular flexibility index (Phi) is 6.17. The van der Waals surface area contributed by atoms with E-state index in [4.69, 9.17) is 21.7 Å². The maximum Gasteiger partial charge on any atom is 0.258 e. The highest BCUT2D eigenvalue weighted by atomic mass is 32.1. The minimum atomic E-state index is -0.302. The van der Waals surface area contributed by atoms with Gasteiger partial charge in [-0.15, -0.1) is 0 Å². The van der Waals surface area contributed by atoms with Crippen LogP contribution in [0.15, 0.2) is 83.0 Å². The zero-order valence-electron chi connectivity index (χ0n) is 19.7. The second-order valence-corrected chi connectivity index (χ2v) is 8.92.